The number of halogens is 3. The molecule has 0 bridgehead atoms. The molecule has 2 amide bonds. The van der Waals surface area contributed by atoms with Crippen LogP contribution in [0.3, 0.4) is 0 Å². The second kappa shape index (κ2) is 10.2. The molecule has 8 heteroatoms. The molecule has 29 heavy (non-hydrogen) atoms. The highest BCUT2D eigenvalue weighted by molar-refractivity contribution is 14.1. The molecule has 152 valence electrons. The molecule has 2 aromatic carbocycles. The molecule has 0 radical (unpaired) electrons. The SMILES string of the molecule is CCCCN1C(=O)S/C(=C\c2ccc(OCc3ccc(Cl)cc3Cl)c(I)c2)C1=O. The van der Waals surface area contributed by atoms with Crippen molar-refractivity contribution in [3.63, 3.8) is 0 Å². The number of rotatable bonds is 7. The normalized spacial score (nSPS) is 15.4. The van der Waals surface area contributed by atoms with Gasteiger partial charge < -0.3 is 4.74 Å². The predicted molar refractivity (Wildman–Crippen MR) is 128 cm³/mol. The zero-order valence-corrected chi connectivity index (χ0v) is 20.1. The molecule has 1 saturated heterocycles. The Morgan fingerprint density at radius 2 is 1.97 bits per heavy atom. The molecule has 1 heterocycles. The number of hydrogen-bond acceptors (Lipinski definition) is 4. The van der Waals surface area contributed by atoms with Crippen molar-refractivity contribution in [3.05, 3.63) is 66.0 Å². The molecule has 0 atom stereocenters. The van der Waals surface area contributed by atoms with Crippen LogP contribution in [0, 0.1) is 3.57 Å². The first-order valence-corrected chi connectivity index (χ1v) is 11.7. The van der Waals surface area contributed by atoms with Crippen LogP contribution in [0.25, 0.3) is 6.08 Å². The maximum atomic E-state index is 12.5. The first-order chi connectivity index (χ1) is 13.9. The lowest BCUT2D eigenvalue weighted by Crippen LogP contribution is -2.29. The van der Waals surface area contributed by atoms with E-state index in [1.807, 2.05) is 31.2 Å². The van der Waals surface area contributed by atoms with Gasteiger partial charge >= 0.3 is 0 Å². The lowest BCUT2D eigenvalue weighted by atomic mass is 10.2. The van der Waals surface area contributed by atoms with Crippen molar-refractivity contribution in [2.75, 3.05) is 6.54 Å². The maximum absolute atomic E-state index is 12.5. The number of imide groups is 1. The lowest BCUT2D eigenvalue weighted by Gasteiger charge is -2.11. The zero-order chi connectivity index (χ0) is 21.0. The summed E-state index contributed by atoms with van der Waals surface area (Å²) < 4.78 is 6.77. The first-order valence-electron chi connectivity index (χ1n) is 9.00. The molecule has 1 fully saturated rings. The van der Waals surface area contributed by atoms with Gasteiger partial charge in [0.05, 0.1) is 8.48 Å². The van der Waals surface area contributed by atoms with Gasteiger partial charge in [-0.2, -0.15) is 0 Å². The Hall–Kier alpha value is -1.22. The number of hydrogen-bond donors (Lipinski definition) is 0. The summed E-state index contributed by atoms with van der Waals surface area (Å²) in [5, 5.41) is 0.934. The highest BCUT2D eigenvalue weighted by atomic mass is 127. The molecular formula is C21H18Cl2INO3S. The van der Waals surface area contributed by atoms with Crippen LogP contribution in [0.1, 0.15) is 30.9 Å². The molecule has 0 N–H and O–H groups in total. The average molecular weight is 562 g/mol. The highest BCUT2D eigenvalue weighted by Gasteiger charge is 2.34. The minimum atomic E-state index is -0.221. The minimum absolute atomic E-state index is 0.204. The Labute approximate surface area is 197 Å². The predicted octanol–water partition coefficient (Wildman–Crippen LogP) is 7.01. The fourth-order valence-electron chi connectivity index (χ4n) is 2.68. The van der Waals surface area contributed by atoms with Gasteiger partial charge in [-0.05, 0) is 76.7 Å². The number of carbonyl (C=O) groups excluding carboxylic acids is 2. The molecule has 0 aromatic heterocycles. The Kier molecular flexibility index (Phi) is 7.90. The summed E-state index contributed by atoms with van der Waals surface area (Å²) in [6, 6.07) is 10.9. The summed E-state index contributed by atoms with van der Waals surface area (Å²) in [7, 11) is 0. The van der Waals surface area contributed by atoms with Gasteiger partial charge in [0.25, 0.3) is 11.1 Å². The molecule has 3 rings (SSSR count). The lowest BCUT2D eigenvalue weighted by molar-refractivity contribution is -0.122. The Bertz CT molecular complexity index is 980. The van der Waals surface area contributed by atoms with Crippen LogP contribution in [-0.4, -0.2) is 22.6 Å². The van der Waals surface area contributed by atoms with Crippen LogP contribution < -0.4 is 4.74 Å². The third-order valence-electron chi connectivity index (χ3n) is 4.26. The second-order valence-electron chi connectivity index (χ2n) is 6.40. The molecule has 0 saturated carbocycles. The van der Waals surface area contributed by atoms with Gasteiger partial charge in [-0.15, -0.1) is 0 Å². The number of ether oxygens (including phenoxy) is 1. The summed E-state index contributed by atoms with van der Waals surface area (Å²) in [5.41, 5.74) is 1.68. The largest absolute Gasteiger partial charge is 0.488 e. The van der Waals surface area contributed by atoms with Crippen LogP contribution in [0.2, 0.25) is 10.0 Å². The van der Waals surface area contributed by atoms with E-state index < -0.39 is 0 Å². The van der Waals surface area contributed by atoms with Gasteiger partial charge in [0, 0.05) is 22.2 Å². The zero-order valence-electron chi connectivity index (χ0n) is 15.6. The van der Waals surface area contributed by atoms with Crippen molar-refractivity contribution < 1.29 is 14.3 Å². The monoisotopic (exact) mass is 561 g/mol. The number of unbranched alkanes of at least 4 members (excludes halogenated alkanes) is 1. The first kappa shape index (κ1) is 22.5. The van der Waals surface area contributed by atoms with Gasteiger partial charge in [0.2, 0.25) is 0 Å². The number of amides is 2. The molecule has 4 nitrogen and oxygen atoms in total. The molecule has 0 aliphatic carbocycles. The van der Waals surface area contributed by atoms with E-state index in [-0.39, 0.29) is 11.1 Å². The standard InChI is InChI=1S/C21H18Cl2INO3S/c1-2-3-8-25-20(26)19(29-21(25)27)10-13-4-7-18(17(24)9-13)28-12-14-5-6-15(22)11-16(14)23/h4-7,9-11H,2-3,8,12H2,1H3/b19-10-. The molecular weight excluding hydrogens is 544 g/mol. The van der Waals surface area contributed by atoms with E-state index in [4.69, 9.17) is 27.9 Å². The maximum Gasteiger partial charge on any atom is 0.293 e. The van der Waals surface area contributed by atoms with E-state index in [2.05, 4.69) is 22.6 Å². The van der Waals surface area contributed by atoms with Crippen LogP contribution in [0.15, 0.2) is 41.3 Å². The van der Waals surface area contributed by atoms with Crippen molar-refractivity contribution >= 4 is 74.8 Å². The van der Waals surface area contributed by atoms with Crippen LogP contribution in [0.4, 0.5) is 4.79 Å². The Morgan fingerprint density at radius 3 is 2.66 bits per heavy atom. The number of carbonyl (C=O) groups is 2. The van der Waals surface area contributed by atoms with E-state index in [0.29, 0.717) is 33.9 Å². The number of thioether (sulfide) groups is 1. The van der Waals surface area contributed by atoms with Crippen molar-refractivity contribution in [2.45, 2.75) is 26.4 Å². The summed E-state index contributed by atoms with van der Waals surface area (Å²) in [6.07, 6.45) is 3.49. The summed E-state index contributed by atoms with van der Waals surface area (Å²) in [5.74, 6) is 0.492. The van der Waals surface area contributed by atoms with E-state index in [1.165, 1.54) is 4.90 Å². The van der Waals surface area contributed by atoms with Gasteiger partial charge in [0.15, 0.2) is 0 Å². The average Bonchev–Trinajstić information content (AvgIpc) is 2.93. The van der Waals surface area contributed by atoms with Gasteiger partial charge in [-0.1, -0.05) is 48.7 Å². The van der Waals surface area contributed by atoms with Crippen LogP contribution in [-0.2, 0) is 11.4 Å². The third-order valence-corrected chi connectivity index (χ3v) is 6.60. The van der Waals surface area contributed by atoms with Crippen LogP contribution >= 0.6 is 57.6 Å². The highest BCUT2D eigenvalue weighted by Crippen LogP contribution is 2.33. The van der Waals surface area contributed by atoms with Crippen molar-refractivity contribution in [1.29, 1.82) is 0 Å². The van der Waals surface area contributed by atoms with Gasteiger partial charge in [-0.25, -0.2) is 0 Å². The molecule has 0 unspecified atom stereocenters. The van der Waals surface area contributed by atoms with Crippen molar-refractivity contribution in [2.24, 2.45) is 0 Å². The molecule has 2 aromatic rings. The summed E-state index contributed by atoms with van der Waals surface area (Å²) in [6.45, 7) is 2.82. The van der Waals surface area contributed by atoms with Crippen LogP contribution in [0.5, 0.6) is 5.75 Å². The Morgan fingerprint density at radius 1 is 1.17 bits per heavy atom. The third kappa shape index (κ3) is 5.69. The molecule has 1 aliphatic rings. The summed E-state index contributed by atoms with van der Waals surface area (Å²) >= 11 is 15.3. The molecule has 0 spiro atoms. The fraction of sp³-hybridized carbons (Fsp3) is 0.238. The number of nitrogens with zero attached hydrogens (tertiary/aromatic N) is 1. The van der Waals surface area contributed by atoms with Gasteiger partial charge in [0.1, 0.15) is 12.4 Å². The van der Waals surface area contributed by atoms with E-state index in [9.17, 15) is 9.59 Å². The number of benzene rings is 2. The second-order valence-corrected chi connectivity index (χ2v) is 9.40. The quantitative estimate of drug-likeness (QED) is 0.269. The minimum Gasteiger partial charge on any atom is -0.488 e. The smallest absolute Gasteiger partial charge is 0.293 e. The Balaban J connectivity index is 1.70. The van der Waals surface area contributed by atoms with Gasteiger partial charge in [-0.3, -0.25) is 14.5 Å². The fourth-order valence-corrected chi connectivity index (χ4v) is 4.70. The molecule has 1 aliphatic heterocycles. The van der Waals surface area contributed by atoms with E-state index in [1.54, 1.807) is 18.2 Å². The summed E-state index contributed by atoms with van der Waals surface area (Å²) in [4.78, 5) is 26.3. The van der Waals surface area contributed by atoms with E-state index >= 15 is 0 Å². The van der Waals surface area contributed by atoms with Crippen molar-refractivity contribution in [3.8, 4) is 5.75 Å². The van der Waals surface area contributed by atoms with Crippen molar-refractivity contribution in [1.82, 2.24) is 4.90 Å². The van der Waals surface area contributed by atoms with E-state index in [0.717, 1.165) is 39.3 Å². The topological polar surface area (TPSA) is 46.6 Å².